The predicted octanol–water partition coefficient (Wildman–Crippen LogP) is 2.19. The molecule has 1 aliphatic heterocycles. The van der Waals surface area contributed by atoms with Crippen LogP contribution in [-0.2, 0) is 5.41 Å². The van der Waals surface area contributed by atoms with Crippen molar-refractivity contribution in [3.05, 3.63) is 12.2 Å². The van der Waals surface area contributed by atoms with Crippen LogP contribution in [0, 0.1) is 17.2 Å². The summed E-state index contributed by atoms with van der Waals surface area (Å²) in [4.78, 5) is 4.39. The Balaban J connectivity index is 2.08. The van der Waals surface area contributed by atoms with Gasteiger partial charge in [-0.3, -0.25) is 0 Å². The Kier molecular flexibility index (Phi) is 2.03. The van der Waals surface area contributed by atoms with Crippen LogP contribution in [0.3, 0.4) is 0 Å². The fraction of sp³-hybridized carbons (Fsp3) is 0.750. The molecule has 1 fully saturated rings. The zero-order valence-corrected chi connectivity index (χ0v) is 9.56. The Morgan fingerprint density at radius 2 is 2.38 bits per heavy atom. The van der Waals surface area contributed by atoms with Crippen LogP contribution in [0.1, 0.15) is 50.9 Å². The van der Waals surface area contributed by atoms with E-state index in [0.29, 0.717) is 18.4 Å². The van der Waals surface area contributed by atoms with Crippen molar-refractivity contribution in [2.75, 3.05) is 0 Å². The van der Waals surface area contributed by atoms with Gasteiger partial charge in [0.25, 0.3) is 0 Å². The number of fused-ring (bicyclic) bond motifs is 3. The van der Waals surface area contributed by atoms with Gasteiger partial charge >= 0.3 is 0 Å². The summed E-state index contributed by atoms with van der Waals surface area (Å²) in [5, 5.41) is 13.4. The van der Waals surface area contributed by atoms with Crippen LogP contribution in [0.4, 0.5) is 0 Å². The zero-order valence-electron chi connectivity index (χ0n) is 9.56. The number of hydrogen-bond donors (Lipinski definition) is 0. The largest absolute Gasteiger partial charge is 0.246 e. The molecule has 84 valence electrons. The summed E-state index contributed by atoms with van der Waals surface area (Å²) < 4.78 is 2.08. The van der Waals surface area contributed by atoms with Gasteiger partial charge in [0, 0.05) is 11.8 Å². The monoisotopic (exact) mass is 216 g/mol. The highest BCUT2D eigenvalue weighted by molar-refractivity contribution is 5.20. The maximum absolute atomic E-state index is 9.04. The van der Waals surface area contributed by atoms with Crippen molar-refractivity contribution in [3.63, 3.8) is 0 Å². The van der Waals surface area contributed by atoms with Crippen LogP contribution < -0.4 is 0 Å². The average molecular weight is 216 g/mol. The minimum absolute atomic E-state index is 0.0731. The lowest BCUT2D eigenvalue weighted by Crippen LogP contribution is -2.31. The predicted molar refractivity (Wildman–Crippen MR) is 58.6 cm³/mol. The van der Waals surface area contributed by atoms with Crippen molar-refractivity contribution in [3.8, 4) is 6.07 Å². The molecule has 4 heteroatoms. The molecule has 0 saturated heterocycles. The molecule has 0 N–H and O–H groups in total. The van der Waals surface area contributed by atoms with Gasteiger partial charge in [-0.2, -0.15) is 10.4 Å². The first-order valence-electron chi connectivity index (χ1n) is 6.04. The van der Waals surface area contributed by atoms with Crippen molar-refractivity contribution in [1.29, 1.82) is 5.26 Å². The molecule has 0 aromatic carbocycles. The Morgan fingerprint density at radius 3 is 3.19 bits per heavy atom. The van der Waals surface area contributed by atoms with E-state index in [4.69, 9.17) is 5.26 Å². The first-order valence-corrected chi connectivity index (χ1v) is 6.04. The molecule has 2 heterocycles. The third-order valence-electron chi connectivity index (χ3n) is 4.39. The number of rotatable bonds is 1. The fourth-order valence-electron chi connectivity index (χ4n) is 3.59. The highest BCUT2D eigenvalue weighted by Crippen LogP contribution is 2.52. The molecule has 3 rings (SSSR count). The molecule has 1 aromatic rings. The van der Waals surface area contributed by atoms with Gasteiger partial charge in [0.2, 0.25) is 0 Å². The molecular weight excluding hydrogens is 200 g/mol. The van der Waals surface area contributed by atoms with Crippen molar-refractivity contribution in [1.82, 2.24) is 14.8 Å². The van der Waals surface area contributed by atoms with E-state index >= 15 is 0 Å². The summed E-state index contributed by atoms with van der Waals surface area (Å²) in [5.41, 5.74) is -0.0731. The van der Waals surface area contributed by atoms with Crippen LogP contribution in [0.25, 0.3) is 0 Å². The van der Waals surface area contributed by atoms with Crippen molar-refractivity contribution in [2.45, 2.75) is 50.5 Å². The summed E-state index contributed by atoms with van der Waals surface area (Å²) in [6, 6.07) is 2.82. The van der Waals surface area contributed by atoms with Crippen molar-refractivity contribution >= 4 is 0 Å². The SMILES string of the molecule is CC1(CC#N)c2ncnn2C2CCCCC21. The molecule has 4 nitrogen and oxygen atoms in total. The summed E-state index contributed by atoms with van der Waals surface area (Å²) in [6.45, 7) is 2.19. The quantitative estimate of drug-likeness (QED) is 0.723. The van der Waals surface area contributed by atoms with Gasteiger partial charge in [0.15, 0.2) is 0 Å². The number of aromatic nitrogens is 3. The van der Waals surface area contributed by atoms with Gasteiger partial charge in [-0.1, -0.05) is 19.8 Å². The van der Waals surface area contributed by atoms with Crippen LogP contribution in [0.5, 0.6) is 0 Å². The minimum atomic E-state index is -0.0731. The van der Waals surface area contributed by atoms with E-state index in [2.05, 4.69) is 27.8 Å². The van der Waals surface area contributed by atoms with Crippen molar-refractivity contribution < 1.29 is 0 Å². The molecule has 3 atom stereocenters. The maximum Gasteiger partial charge on any atom is 0.138 e. The maximum atomic E-state index is 9.04. The Bertz CT molecular complexity index is 444. The minimum Gasteiger partial charge on any atom is -0.246 e. The molecule has 1 aliphatic carbocycles. The van der Waals surface area contributed by atoms with E-state index in [-0.39, 0.29) is 5.41 Å². The molecule has 16 heavy (non-hydrogen) atoms. The fourth-order valence-corrected chi connectivity index (χ4v) is 3.59. The molecule has 3 unspecified atom stereocenters. The lowest BCUT2D eigenvalue weighted by Gasteiger charge is -2.34. The number of nitrogens with zero attached hydrogens (tertiary/aromatic N) is 4. The van der Waals surface area contributed by atoms with E-state index in [9.17, 15) is 0 Å². The lowest BCUT2D eigenvalue weighted by atomic mass is 9.68. The summed E-state index contributed by atoms with van der Waals surface area (Å²) in [5.74, 6) is 1.60. The molecular formula is C12H16N4. The molecule has 0 spiro atoms. The average Bonchev–Trinajstić information content (AvgIpc) is 2.85. The summed E-state index contributed by atoms with van der Waals surface area (Å²) in [7, 11) is 0. The van der Waals surface area contributed by atoms with Crippen LogP contribution in [0.2, 0.25) is 0 Å². The molecule has 0 amide bonds. The lowest BCUT2D eigenvalue weighted by molar-refractivity contribution is 0.190. The standard InChI is InChI=1S/C12H16N4/c1-12(6-7-13)9-4-2-3-5-10(9)16-11(12)14-8-15-16/h8-10H,2-6H2,1H3. The Hall–Kier alpha value is -1.37. The topological polar surface area (TPSA) is 54.5 Å². The third-order valence-corrected chi connectivity index (χ3v) is 4.39. The molecule has 0 bridgehead atoms. The van der Waals surface area contributed by atoms with E-state index in [1.807, 2.05) is 0 Å². The zero-order chi connectivity index (χ0) is 11.2. The second kappa shape index (κ2) is 3.31. The van der Waals surface area contributed by atoms with Crippen LogP contribution in [0.15, 0.2) is 6.33 Å². The molecule has 0 radical (unpaired) electrons. The second-order valence-electron chi connectivity index (χ2n) is 5.24. The van der Waals surface area contributed by atoms with Gasteiger partial charge in [-0.25, -0.2) is 9.67 Å². The first-order chi connectivity index (χ1) is 7.77. The van der Waals surface area contributed by atoms with E-state index in [1.165, 1.54) is 25.7 Å². The van der Waals surface area contributed by atoms with E-state index < -0.39 is 0 Å². The summed E-state index contributed by atoms with van der Waals surface area (Å²) >= 11 is 0. The van der Waals surface area contributed by atoms with Crippen LogP contribution in [-0.4, -0.2) is 14.8 Å². The molecule has 2 aliphatic rings. The Morgan fingerprint density at radius 1 is 1.56 bits per heavy atom. The van der Waals surface area contributed by atoms with Gasteiger partial charge in [-0.05, 0) is 18.8 Å². The first kappa shape index (κ1) is 9.83. The smallest absolute Gasteiger partial charge is 0.138 e. The summed E-state index contributed by atoms with van der Waals surface area (Å²) in [6.07, 6.45) is 7.18. The van der Waals surface area contributed by atoms with Crippen molar-refractivity contribution in [2.24, 2.45) is 5.92 Å². The van der Waals surface area contributed by atoms with Gasteiger partial charge in [0.05, 0.1) is 12.1 Å². The van der Waals surface area contributed by atoms with Crippen LogP contribution >= 0.6 is 0 Å². The molecule has 1 aromatic heterocycles. The van der Waals surface area contributed by atoms with E-state index in [0.717, 1.165) is 5.82 Å². The van der Waals surface area contributed by atoms with Gasteiger partial charge < -0.3 is 0 Å². The normalized spacial score (nSPS) is 36.5. The number of nitriles is 1. The second-order valence-corrected chi connectivity index (χ2v) is 5.24. The molecule has 1 saturated carbocycles. The number of hydrogen-bond acceptors (Lipinski definition) is 3. The third kappa shape index (κ3) is 1.09. The Labute approximate surface area is 95.3 Å². The highest BCUT2D eigenvalue weighted by atomic mass is 15.4. The van der Waals surface area contributed by atoms with Gasteiger partial charge in [0.1, 0.15) is 12.2 Å². The highest BCUT2D eigenvalue weighted by Gasteiger charge is 2.51. The van der Waals surface area contributed by atoms with Gasteiger partial charge in [-0.15, -0.1) is 0 Å². The van der Waals surface area contributed by atoms with E-state index in [1.54, 1.807) is 6.33 Å².